The Morgan fingerprint density at radius 2 is 2.25 bits per heavy atom. The molecule has 1 saturated heterocycles. The lowest BCUT2D eigenvalue weighted by atomic mass is 9.81. The van der Waals surface area contributed by atoms with Crippen LogP contribution in [-0.2, 0) is 42.8 Å². The maximum absolute atomic E-state index is 11.5. The molecule has 32 heavy (non-hydrogen) atoms. The molecule has 8 nitrogen and oxygen atoms in total. The maximum atomic E-state index is 11.5. The monoisotopic (exact) mass is 501 g/mol. The van der Waals surface area contributed by atoms with Gasteiger partial charge in [0.25, 0.3) is 0 Å². The molecule has 2 aromatic rings. The van der Waals surface area contributed by atoms with Gasteiger partial charge in [-0.15, -0.1) is 11.3 Å². The number of carbonyl (C=O) groups excluding carboxylic acids is 1. The van der Waals surface area contributed by atoms with Crippen molar-refractivity contribution in [3.8, 4) is 0 Å². The van der Waals surface area contributed by atoms with Crippen molar-refractivity contribution in [1.82, 2.24) is 14.7 Å². The van der Waals surface area contributed by atoms with Crippen molar-refractivity contribution in [2.24, 2.45) is 0 Å². The summed E-state index contributed by atoms with van der Waals surface area (Å²) in [6, 6.07) is 2.16. The number of nitrogens with zero attached hydrogens (tertiary/aromatic N) is 3. The highest BCUT2D eigenvalue weighted by atomic mass is 35.5. The molecule has 4 heterocycles. The van der Waals surface area contributed by atoms with Gasteiger partial charge < -0.3 is 9.47 Å². The highest BCUT2D eigenvalue weighted by molar-refractivity contribution is 7.90. The van der Waals surface area contributed by atoms with Gasteiger partial charge in [0.05, 0.1) is 29.4 Å². The third kappa shape index (κ3) is 5.20. The number of esters is 1. The molecule has 0 radical (unpaired) electrons. The Morgan fingerprint density at radius 1 is 1.47 bits per heavy atom. The summed E-state index contributed by atoms with van der Waals surface area (Å²) in [5.74, 6) is -0.253. The lowest BCUT2D eigenvalue weighted by Crippen LogP contribution is -2.50. The van der Waals surface area contributed by atoms with Gasteiger partial charge >= 0.3 is 5.97 Å². The van der Waals surface area contributed by atoms with Crippen molar-refractivity contribution in [1.29, 1.82) is 0 Å². The van der Waals surface area contributed by atoms with Crippen LogP contribution in [0.3, 0.4) is 0 Å². The summed E-state index contributed by atoms with van der Waals surface area (Å²) in [6.07, 6.45) is 6.17. The van der Waals surface area contributed by atoms with E-state index in [0.717, 1.165) is 41.9 Å². The molecule has 0 N–H and O–H groups in total. The molecule has 2 aromatic heterocycles. The average Bonchev–Trinajstić information content (AvgIpc) is 3.31. The molecule has 1 unspecified atom stereocenters. The summed E-state index contributed by atoms with van der Waals surface area (Å²) in [5.41, 5.74) is 1.61. The fraction of sp³-hybridized carbons (Fsp3) is 0.619. The Morgan fingerprint density at radius 3 is 2.94 bits per heavy atom. The van der Waals surface area contributed by atoms with Crippen LogP contribution in [0.2, 0.25) is 4.34 Å². The molecular formula is C21H28ClN3O5S2. The van der Waals surface area contributed by atoms with Crippen molar-refractivity contribution in [3.63, 3.8) is 0 Å². The molecule has 0 aliphatic carbocycles. The Kier molecular flexibility index (Phi) is 6.71. The minimum absolute atomic E-state index is 0.0775. The number of aryl methyl sites for hydroxylation is 1. The maximum Gasteiger partial charge on any atom is 0.303 e. The van der Waals surface area contributed by atoms with Crippen molar-refractivity contribution in [3.05, 3.63) is 38.8 Å². The summed E-state index contributed by atoms with van der Waals surface area (Å²) in [4.78, 5) is 15.0. The number of piperidine rings is 1. The van der Waals surface area contributed by atoms with Crippen molar-refractivity contribution < 1.29 is 22.7 Å². The fourth-order valence-corrected chi connectivity index (χ4v) is 6.57. The van der Waals surface area contributed by atoms with Crippen LogP contribution in [0.4, 0.5) is 0 Å². The van der Waals surface area contributed by atoms with Gasteiger partial charge in [0, 0.05) is 54.5 Å². The van der Waals surface area contributed by atoms with Crippen LogP contribution >= 0.6 is 22.9 Å². The minimum atomic E-state index is -3.02. The second kappa shape index (κ2) is 9.06. The minimum Gasteiger partial charge on any atom is -0.455 e. The summed E-state index contributed by atoms with van der Waals surface area (Å²) in [5, 5.41) is 4.30. The second-order valence-electron chi connectivity index (χ2n) is 8.75. The number of carbonyl (C=O) groups is 1. The van der Waals surface area contributed by atoms with Crippen LogP contribution in [0, 0.1) is 0 Å². The SMILES string of the molecule is CC(=O)OC1CO[C@@]2(CCN(Cc3cnn(CCS(C)(=O)=O)c3)[C@@H](C)C2)c2sc(Cl)cc21. The first-order valence-corrected chi connectivity index (χ1v) is 13.8. The highest BCUT2D eigenvalue weighted by Crippen LogP contribution is 2.51. The van der Waals surface area contributed by atoms with Crippen LogP contribution in [0.15, 0.2) is 18.5 Å². The lowest BCUT2D eigenvalue weighted by Gasteiger charge is -2.48. The quantitative estimate of drug-likeness (QED) is 0.561. The number of aromatic nitrogens is 2. The summed E-state index contributed by atoms with van der Waals surface area (Å²) in [7, 11) is -3.02. The van der Waals surface area contributed by atoms with Gasteiger partial charge in [0.1, 0.15) is 15.4 Å². The van der Waals surface area contributed by atoms with Gasteiger partial charge in [-0.3, -0.25) is 14.4 Å². The third-order valence-corrected chi connectivity index (χ3v) is 8.51. The van der Waals surface area contributed by atoms with E-state index in [1.165, 1.54) is 24.5 Å². The smallest absolute Gasteiger partial charge is 0.303 e. The topological polar surface area (TPSA) is 90.7 Å². The molecule has 0 saturated carbocycles. The van der Waals surface area contributed by atoms with Gasteiger partial charge in [-0.2, -0.15) is 5.10 Å². The largest absolute Gasteiger partial charge is 0.455 e. The third-order valence-electron chi connectivity index (χ3n) is 6.13. The molecule has 2 aliphatic rings. The van der Waals surface area contributed by atoms with E-state index in [4.69, 9.17) is 21.1 Å². The first kappa shape index (κ1) is 23.7. The van der Waals surface area contributed by atoms with E-state index in [1.54, 1.807) is 10.9 Å². The van der Waals surface area contributed by atoms with Crippen LogP contribution in [0.25, 0.3) is 0 Å². The van der Waals surface area contributed by atoms with Crippen LogP contribution < -0.4 is 0 Å². The predicted molar refractivity (Wildman–Crippen MR) is 123 cm³/mol. The fourth-order valence-electron chi connectivity index (χ4n) is 4.59. The Balaban J connectivity index is 1.44. The zero-order valence-electron chi connectivity index (χ0n) is 18.4. The van der Waals surface area contributed by atoms with Gasteiger partial charge in [-0.1, -0.05) is 11.6 Å². The number of halogens is 1. The predicted octanol–water partition coefficient (Wildman–Crippen LogP) is 3.16. The summed E-state index contributed by atoms with van der Waals surface area (Å²) < 4.78 is 37.0. The number of thiophene rings is 1. The molecular weight excluding hydrogens is 474 g/mol. The van der Waals surface area contributed by atoms with Crippen LogP contribution in [0.1, 0.15) is 48.8 Å². The summed E-state index contributed by atoms with van der Waals surface area (Å²) >= 11 is 7.86. The number of likely N-dealkylation sites (tertiary alicyclic amines) is 1. The molecule has 0 bridgehead atoms. The van der Waals surface area contributed by atoms with Crippen molar-refractivity contribution in [2.45, 2.75) is 57.5 Å². The number of rotatable bonds is 6. The normalized spacial score (nSPS) is 26.2. The van der Waals surface area contributed by atoms with E-state index in [2.05, 4.69) is 16.9 Å². The zero-order chi connectivity index (χ0) is 23.1. The molecule has 1 spiro atoms. The number of fused-ring (bicyclic) bond motifs is 2. The van der Waals surface area contributed by atoms with E-state index in [-0.39, 0.29) is 17.8 Å². The second-order valence-corrected chi connectivity index (χ2v) is 12.7. The van der Waals surface area contributed by atoms with Gasteiger partial charge in [-0.25, -0.2) is 8.42 Å². The Bertz CT molecular complexity index is 1100. The van der Waals surface area contributed by atoms with Crippen molar-refractivity contribution >= 4 is 38.7 Å². The number of hydrogen-bond acceptors (Lipinski definition) is 8. The Labute approximate surface area is 197 Å². The number of sulfone groups is 1. The first-order chi connectivity index (χ1) is 15.0. The van der Waals surface area contributed by atoms with Crippen LogP contribution in [-0.4, -0.2) is 60.3 Å². The van der Waals surface area contributed by atoms with E-state index < -0.39 is 21.5 Å². The number of hydrogen-bond donors (Lipinski definition) is 0. The van der Waals surface area contributed by atoms with Crippen LogP contribution in [0.5, 0.6) is 0 Å². The summed E-state index contributed by atoms with van der Waals surface area (Å²) in [6.45, 7) is 5.86. The first-order valence-electron chi connectivity index (χ1n) is 10.6. The number of ether oxygens (including phenoxy) is 2. The molecule has 0 aromatic carbocycles. The van der Waals surface area contributed by atoms with Gasteiger partial charge in [0.15, 0.2) is 6.10 Å². The van der Waals surface area contributed by atoms with Crippen molar-refractivity contribution in [2.75, 3.05) is 25.2 Å². The molecule has 1 fully saturated rings. The zero-order valence-corrected chi connectivity index (χ0v) is 20.8. The molecule has 3 atom stereocenters. The lowest BCUT2D eigenvalue weighted by molar-refractivity contribution is -0.169. The average molecular weight is 502 g/mol. The molecule has 0 amide bonds. The highest BCUT2D eigenvalue weighted by Gasteiger charge is 2.47. The van der Waals surface area contributed by atoms with E-state index >= 15 is 0 Å². The Hall–Kier alpha value is -1.46. The van der Waals surface area contributed by atoms with E-state index in [0.29, 0.717) is 17.5 Å². The molecule has 11 heteroatoms. The van der Waals surface area contributed by atoms with Gasteiger partial charge in [0.2, 0.25) is 0 Å². The molecule has 176 valence electrons. The van der Waals surface area contributed by atoms with Gasteiger partial charge in [-0.05, 0) is 25.8 Å². The van der Waals surface area contributed by atoms with E-state index in [9.17, 15) is 13.2 Å². The van der Waals surface area contributed by atoms with E-state index in [1.807, 2.05) is 12.3 Å². The molecule has 4 rings (SSSR count). The standard InChI is InChI=1S/C21H28ClN3O5S2/c1-14-9-21(20-17(8-19(22)31-20)18(13-29-21)30-15(2)26)4-5-24(14)11-16-10-23-25(12-16)6-7-32(3,27)28/h8,10,12,14,18H,4-7,9,11,13H2,1-3H3/t14-,18?,21+/m0/s1. The molecule has 2 aliphatic heterocycles.